The smallest absolute Gasteiger partial charge is 0.353 e. The van der Waals surface area contributed by atoms with E-state index in [4.69, 9.17) is 5.11 Å². The van der Waals surface area contributed by atoms with Gasteiger partial charge in [-0.25, -0.2) is 17.6 Å². The summed E-state index contributed by atoms with van der Waals surface area (Å²) in [5.41, 5.74) is -0.286. The van der Waals surface area contributed by atoms with Crippen LogP contribution >= 0.6 is 0 Å². The van der Waals surface area contributed by atoms with Gasteiger partial charge in [-0.1, -0.05) is 12.1 Å². The third-order valence-electron chi connectivity index (χ3n) is 2.17. The van der Waals surface area contributed by atoms with Crippen molar-refractivity contribution in [3.8, 4) is 0 Å². The predicted molar refractivity (Wildman–Crippen MR) is 62.8 cm³/mol. The van der Waals surface area contributed by atoms with E-state index in [9.17, 15) is 17.6 Å². The number of nitrogens with zero attached hydrogens (tertiary/aromatic N) is 1. The average molecular weight is 285 g/mol. The number of carboxylic acids is 1. The number of rotatable bonds is 4. The minimum Gasteiger partial charge on any atom is -0.477 e. The van der Waals surface area contributed by atoms with Crippen LogP contribution in [0.2, 0.25) is 0 Å². The number of carboxylic acid groups (broad SMARTS) is 1. The minimum atomic E-state index is -4.16. The summed E-state index contributed by atoms with van der Waals surface area (Å²) in [5.74, 6) is -2.44. The van der Waals surface area contributed by atoms with Crippen LogP contribution in [0.3, 0.4) is 0 Å². The molecule has 7 nitrogen and oxygen atoms in total. The Morgan fingerprint density at radius 3 is 2.63 bits per heavy atom. The fraction of sp³-hybridized carbons (Fsp3) is 0. The quantitative estimate of drug-likeness (QED) is 0.777. The largest absolute Gasteiger partial charge is 0.477 e. The van der Waals surface area contributed by atoms with E-state index in [-0.39, 0.29) is 11.5 Å². The monoisotopic (exact) mass is 285 g/mol. The first kappa shape index (κ1) is 13.0. The molecule has 0 saturated heterocycles. The zero-order chi connectivity index (χ0) is 14.0. The Hall–Kier alpha value is -2.42. The van der Waals surface area contributed by atoms with Crippen molar-refractivity contribution in [1.29, 1.82) is 0 Å². The third kappa shape index (κ3) is 2.71. The number of aromatic nitrogens is 2. The predicted octanol–water partition coefficient (Wildman–Crippen LogP) is 1.05. The van der Waals surface area contributed by atoms with Crippen LogP contribution in [-0.2, 0) is 10.0 Å². The first-order valence-corrected chi connectivity index (χ1v) is 6.44. The number of aromatic amines is 1. The van der Waals surface area contributed by atoms with Crippen LogP contribution in [0, 0.1) is 5.82 Å². The number of halogens is 1. The Kier molecular flexibility index (Phi) is 3.21. The van der Waals surface area contributed by atoms with Crippen molar-refractivity contribution in [3.05, 3.63) is 41.8 Å². The molecule has 19 heavy (non-hydrogen) atoms. The highest BCUT2D eigenvalue weighted by atomic mass is 32.2. The third-order valence-corrected chi connectivity index (χ3v) is 3.56. The molecule has 0 amide bonds. The highest BCUT2D eigenvalue weighted by molar-refractivity contribution is 7.92. The van der Waals surface area contributed by atoms with Gasteiger partial charge in [-0.05, 0) is 12.1 Å². The van der Waals surface area contributed by atoms with Gasteiger partial charge in [0.1, 0.15) is 16.4 Å². The van der Waals surface area contributed by atoms with Crippen LogP contribution < -0.4 is 4.72 Å². The Bertz CT molecular complexity index is 726. The van der Waals surface area contributed by atoms with E-state index < -0.39 is 26.7 Å². The first-order chi connectivity index (χ1) is 8.90. The number of carbonyl (C=O) groups is 1. The number of H-pyrrole nitrogens is 1. The van der Waals surface area contributed by atoms with E-state index in [1.807, 2.05) is 4.72 Å². The molecule has 2 rings (SSSR count). The summed E-state index contributed by atoms with van der Waals surface area (Å²) >= 11 is 0. The Balaban J connectivity index is 2.31. The number of anilines is 1. The summed E-state index contributed by atoms with van der Waals surface area (Å²) in [6, 6.07) is 5.79. The molecule has 0 aliphatic heterocycles. The molecule has 0 atom stereocenters. The number of sulfonamides is 1. The van der Waals surface area contributed by atoms with Crippen molar-refractivity contribution in [3.63, 3.8) is 0 Å². The lowest BCUT2D eigenvalue weighted by Gasteiger charge is -2.05. The van der Waals surface area contributed by atoms with Crippen molar-refractivity contribution in [2.45, 2.75) is 4.90 Å². The van der Waals surface area contributed by atoms with E-state index in [2.05, 4.69) is 10.2 Å². The van der Waals surface area contributed by atoms with Crippen molar-refractivity contribution < 1.29 is 22.7 Å². The van der Waals surface area contributed by atoms with Crippen molar-refractivity contribution in [2.75, 3.05) is 4.72 Å². The summed E-state index contributed by atoms with van der Waals surface area (Å²) in [6.45, 7) is 0. The summed E-state index contributed by atoms with van der Waals surface area (Å²) < 4.78 is 39.1. The van der Waals surface area contributed by atoms with Gasteiger partial charge in [0.05, 0.1) is 0 Å². The maximum Gasteiger partial charge on any atom is 0.353 e. The van der Waals surface area contributed by atoms with Crippen molar-refractivity contribution in [1.82, 2.24) is 10.2 Å². The first-order valence-electron chi connectivity index (χ1n) is 4.96. The van der Waals surface area contributed by atoms with Gasteiger partial charge in [0.25, 0.3) is 10.0 Å². The molecule has 1 heterocycles. The van der Waals surface area contributed by atoms with E-state index in [1.165, 1.54) is 12.1 Å². The molecule has 0 aliphatic carbocycles. The second-order valence-electron chi connectivity index (χ2n) is 3.51. The summed E-state index contributed by atoms with van der Waals surface area (Å²) in [7, 11) is -4.16. The number of hydrogen-bond acceptors (Lipinski definition) is 4. The number of nitrogens with one attached hydrogen (secondary N) is 2. The molecule has 0 fully saturated rings. The van der Waals surface area contributed by atoms with E-state index in [1.54, 1.807) is 0 Å². The highest BCUT2D eigenvalue weighted by Crippen LogP contribution is 2.17. The standard InChI is InChI=1S/C10H8FN3O4S/c11-6-3-1-2-4-8(6)19(17,18)14-9-5-7(10(15)16)12-13-9/h1-5H,(H,15,16)(H2,12,13,14). The molecule has 0 spiro atoms. The molecule has 0 radical (unpaired) electrons. The second kappa shape index (κ2) is 4.69. The van der Waals surface area contributed by atoms with E-state index in [0.717, 1.165) is 18.2 Å². The van der Waals surface area contributed by atoms with Crippen LogP contribution in [0.5, 0.6) is 0 Å². The zero-order valence-electron chi connectivity index (χ0n) is 9.29. The molecule has 1 aromatic heterocycles. The van der Waals surface area contributed by atoms with Crippen LogP contribution in [0.25, 0.3) is 0 Å². The van der Waals surface area contributed by atoms with E-state index in [0.29, 0.717) is 0 Å². The fourth-order valence-electron chi connectivity index (χ4n) is 1.34. The molecular weight excluding hydrogens is 277 g/mol. The Morgan fingerprint density at radius 1 is 1.37 bits per heavy atom. The number of hydrogen-bond donors (Lipinski definition) is 3. The molecule has 1 aromatic carbocycles. The second-order valence-corrected chi connectivity index (χ2v) is 5.16. The molecule has 100 valence electrons. The molecule has 0 unspecified atom stereocenters. The number of aromatic carboxylic acids is 1. The zero-order valence-corrected chi connectivity index (χ0v) is 10.1. The number of benzene rings is 1. The maximum absolute atomic E-state index is 13.4. The lowest BCUT2D eigenvalue weighted by Crippen LogP contribution is -2.14. The molecule has 9 heteroatoms. The van der Waals surface area contributed by atoms with Crippen LogP contribution in [0.1, 0.15) is 10.5 Å². The van der Waals surface area contributed by atoms with Gasteiger partial charge in [-0.15, -0.1) is 0 Å². The summed E-state index contributed by atoms with van der Waals surface area (Å²) in [5, 5.41) is 14.2. The lowest BCUT2D eigenvalue weighted by molar-refractivity contribution is 0.0690. The summed E-state index contributed by atoms with van der Waals surface area (Å²) in [6.07, 6.45) is 0. The molecule has 0 saturated carbocycles. The maximum atomic E-state index is 13.4. The van der Waals surface area contributed by atoms with Gasteiger partial charge in [-0.3, -0.25) is 9.82 Å². The Morgan fingerprint density at radius 2 is 2.05 bits per heavy atom. The van der Waals surface area contributed by atoms with Crippen LogP contribution in [-0.4, -0.2) is 29.7 Å². The highest BCUT2D eigenvalue weighted by Gasteiger charge is 2.20. The normalized spacial score (nSPS) is 11.2. The van der Waals surface area contributed by atoms with Crippen LogP contribution in [0.15, 0.2) is 35.2 Å². The molecule has 2 aromatic rings. The fourth-order valence-corrected chi connectivity index (χ4v) is 2.41. The molecular formula is C10H8FN3O4S. The van der Waals surface area contributed by atoms with E-state index >= 15 is 0 Å². The molecule has 0 bridgehead atoms. The van der Waals surface area contributed by atoms with Gasteiger partial charge in [0.15, 0.2) is 5.82 Å². The van der Waals surface area contributed by atoms with Gasteiger partial charge >= 0.3 is 5.97 Å². The summed E-state index contributed by atoms with van der Waals surface area (Å²) in [4.78, 5) is 10.0. The van der Waals surface area contributed by atoms with Gasteiger partial charge in [0, 0.05) is 6.07 Å². The van der Waals surface area contributed by atoms with Crippen molar-refractivity contribution in [2.24, 2.45) is 0 Å². The van der Waals surface area contributed by atoms with Crippen molar-refractivity contribution >= 4 is 21.8 Å². The lowest BCUT2D eigenvalue weighted by atomic mass is 10.4. The Labute approximate surface area is 107 Å². The van der Waals surface area contributed by atoms with Gasteiger partial charge < -0.3 is 5.11 Å². The SMILES string of the molecule is O=C(O)c1cc(NS(=O)(=O)c2ccccc2F)n[nH]1. The molecule has 0 aliphatic rings. The van der Waals surface area contributed by atoms with Crippen LogP contribution in [0.4, 0.5) is 10.2 Å². The topological polar surface area (TPSA) is 112 Å². The molecule has 3 N–H and O–H groups in total. The van der Waals surface area contributed by atoms with Gasteiger partial charge in [-0.2, -0.15) is 5.10 Å². The van der Waals surface area contributed by atoms with Gasteiger partial charge in [0.2, 0.25) is 0 Å². The average Bonchev–Trinajstić information content (AvgIpc) is 2.77. The minimum absolute atomic E-state index is 0.236.